The number of rotatable bonds is 6. The standard InChI is InChI=1S/C17H17N5O3S/c23-15(18-13-3-1-2-12(8-13)16(24)25)9-26-17-19-20-21-22(17)14-7-10-4-5-11(14)6-10/h1-5,8,10-11,14H,6-7,9H2,(H,18,23)(H,24,25)/t10-,11-,14-/m0/s1. The van der Waals surface area contributed by atoms with Gasteiger partial charge in [0, 0.05) is 5.69 Å². The first-order chi connectivity index (χ1) is 12.6. The van der Waals surface area contributed by atoms with Crippen molar-refractivity contribution in [3.8, 4) is 0 Å². The van der Waals surface area contributed by atoms with E-state index in [0.29, 0.717) is 22.7 Å². The second-order valence-corrected chi connectivity index (χ2v) is 7.42. The average molecular weight is 371 g/mol. The smallest absolute Gasteiger partial charge is 0.335 e. The van der Waals surface area contributed by atoms with E-state index >= 15 is 0 Å². The Morgan fingerprint density at radius 3 is 2.92 bits per heavy atom. The normalized spacial score (nSPS) is 23.3. The molecule has 0 unspecified atom stereocenters. The van der Waals surface area contributed by atoms with Gasteiger partial charge in [-0.3, -0.25) is 4.79 Å². The topological polar surface area (TPSA) is 110 Å². The van der Waals surface area contributed by atoms with Gasteiger partial charge in [0.25, 0.3) is 0 Å². The van der Waals surface area contributed by atoms with Gasteiger partial charge in [-0.1, -0.05) is 30.0 Å². The SMILES string of the molecule is O=C(CSc1nnnn1[C@H]1C[C@H]2C=C[C@H]1C2)Nc1cccc(C(=O)O)c1. The van der Waals surface area contributed by atoms with Crippen molar-refractivity contribution in [1.29, 1.82) is 0 Å². The van der Waals surface area contributed by atoms with Crippen LogP contribution < -0.4 is 5.32 Å². The molecule has 2 aliphatic carbocycles. The van der Waals surface area contributed by atoms with Gasteiger partial charge in [-0.2, -0.15) is 0 Å². The second-order valence-electron chi connectivity index (χ2n) is 6.48. The van der Waals surface area contributed by atoms with Gasteiger partial charge >= 0.3 is 5.97 Å². The Hall–Kier alpha value is -2.68. The monoisotopic (exact) mass is 371 g/mol. The van der Waals surface area contributed by atoms with Gasteiger partial charge in [-0.05, 0) is 53.3 Å². The van der Waals surface area contributed by atoms with Crippen LogP contribution in [0.1, 0.15) is 29.2 Å². The molecule has 26 heavy (non-hydrogen) atoms. The summed E-state index contributed by atoms with van der Waals surface area (Å²) in [5.74, 6) is -0.0456. The molecule has 9 heteroatoms. The van der Waals surface area contributed by atoms with Gasteiger partial charge in [0.05, 0.1) is 17.4 Å². The van der Waals surface area contributed by atoms with Crippen LogP contribution in [0.15, 0.2) is 41.6 Å². The van der Waals surface area contributed by atoms with Crippen molar-refractivity contribution in [2.75, 3.05) is 11.1 Å². The Kier molecular flexibility index (Phi) is 4.46. The number of tetrazole rings is 1. The minimum absolute atomic E-state index is 0.128. The van der Waals surface area contributed by atoms with E-state index in [1.165, 1.54) is 23.9 Å². The molecule has 0 aliphatic heterocycles. The lowest BCUT2D eigenvalue weighted by molar-refractivity contribution is -0.113. The number of carbonyl (C=O) groups excluding carboxylic acids is 1. The number of aromatic carboxylic acids is 1. The average Bonchev–Trinajstić information content (AvgIpc) is 3.36. The molecule has 1 saturated carbocycles. The third-order valence-corrected chi connectivity index (χ3v) is 5.68. The van der Waals surface area contributed by atoms with Crippen molar-refractivity contribution in [3.63, 3.8) is 0 Å². The number of carboxylic acid groups (broad SMARTS) is 1. The number of aromatic nitrogens is 4. The van der Waals surface area contributed by atoms with Gasteiger partial charge in [0.15, 0.2) is 0 Å². The number of hydrogen-bond acceptors (Lipinski definition) is 6. The van der Waals surface area contributed by atoms with Crippen LogP contribution in [0.4, 0.5) is 5.69 Å². The maximum atomic E-state index is 12.2. The lowest BCUT2D eigenvalue weighted by Gasteiger charge is -2.18. The highest BCUT2D eigenvalue weighted by Gasteiger charge is 2.38. The van der Waals surface area contributed by atoms with Crippen LogP contribution in [-0.2, 0) is 4.79 Å². The number of nitrogens with one attached hydrogen (secondary N) is 1. The molecule has 1 amide bonds. The summed E-state index contributed by atoms with van der Waals surface area (Å²) in [5, 5.41) is 24.3. The number of benzene rings is 1. The first-order valence-corrected chi connectivity index (χ1v) is 9.31. The number of allylic oxidation sites excluding steroid dienone is 2. The predicted octanol–water partition coefficient (Wildman–Crippen LogP) is 2.24. The Labute approximate surface area is 153 Å². The van der Waals surface area contributed by atoms with Crippen LogP contribution in [0.2, 0.25) is 0 Å². The number of carboxylic acids is 1. The van der Waals surface area contributed by atoms with Crippen molar-refractivity contribution < 1.29 is 14.7 Å². The summed E-state index contributed by atoms with van der Waals surface area (Å²) in [6.45, 7) is 0. The number of carbonyl (C=O) groups is 2. The van der Waals surface area contributed by atoms with Gasteiger partial charge in [0.2, 0.25) is 11.1 Å². The van der Waals surface area contributed by atoms with E-state index in [0.717, 1.165) is 12.8 Å². The van der Waals surface area contributed by atoms with Crippen LogP contribution in [0.5, 0.6) is 0 Å². The number of anilines is 1. The maximum absolute atomic E-state index is 12.2. The quantitative estimate of drug-likeness (QED) is 0.592. The van der Waals surface area contributed by atoms with Gasteiger partial charge in [-0.15, -0.1) is 5.10 Å². The lowest BCUT2D eigenvalue weighted by atomic mass is 10.0. The summed E-state index contributed by atoms with van der Waals surface area (Å²) in [6.07, 6.45) is 6.68. The molecule has 2 aromatic rings. The number of fused-ring (bicyclic) bond motifs is 2. The minimum Gasteiger partial charge on any atom is -0.478 e. The summed E-state index contributed by atoms with van der Waals surface area (Å²) in [4.78, 5) is 23.2. The minimum atomic E-state index is -1.03. The molecular formula is C17H17N5O3S. The number of nitrogens with zero attached hydrogens (tertiary/aromatic N) is 4. The van der Waals surface area contributed by atoms with Crippen LogP contribution in [0, 0.1) is 11.8 Å². The Morgan fingerprint density at radius 1 is 1.31 bits per heavy atom. The summed E-state index contributed by atoms with van der Waals surface area (Å²) in [5.41, 5.74) is 0.581. The van der Waals surface area contributed by atoms with Gasteiger partial charge in [0.1, 0.15) is 0 Å². The van der Waals surface area contributed by atoms with Crippen LogP contribution in [0.3, 0.4) is 0 Å². The van der Waals surface area contributed by atoms with Crippen molar-refractivity contribution >= 4 is 29.3 Å². The fourth-order valence-electron chi connectivity index (χ4n) is 3.58. The highest BCUT2D eigenvalue weighted by atomic mass is 32.2. The van der Waals surface area contributed by atoms with Gasteiger partial charge in [-0.25, -0.2) is 9.48 Å². The van der Waals surface area contributed by atoms with Crippen LogP contribution >= 0.6 is 11.8 Å². The molecule has 1 heterocycles. The van der Waals surface area contributed by atoms with Crippen LogP contribution in [0.25, 0.3) is 0 Å². The number of hydrogen-bond donors (Lipinski definition) is 2. The molecule has 8 nitrogen and oxygen atoms in total. The Morgan fingerprint density at radius 2 is 2.19 bits per heavy atom. The van der Waals surface area contributed by atoms with E-state index < -0.39 is 5.97 Å². The fourth-order valence-corrected chi connectivity index (χ4v) is 4.31. The van der Waals surface area contributed by atoms with Crippen molar-refractivity contribution in [1.82, 2.24) is 20.2 Å². The van der Waals surface area contributed by atoms with E-state index in [2.05, 4.69) is 33.0 Å². The highest BCUT2D eigenvalue weighted by Crippen LogP contribution is 2.46. The molecule has 3 atom stereocenters. The second kappa shape index (κ2) is 6.91. The summed E-state index contributed by atoms with van der Waals surface area (Å²) >= 11 is 1.28. The largest absolute Gasteiger partial charge is 0.478 e. The number of amides is 1. The molecule has 0 spiro atoms. The maximum Gasteiger partial charge on any atom is 0.335 e. The summed E-state index contributed by atoms with van der Waals surface area (Å²) in [6, 6.07) is 6.41. The third kappa shape index (κ3) is 3.34. The molecule has 134 valence electrons. The highest BCUT2D eigenvalue weighted by molar-refractivity contribution is 7.99. The zero-order valence-corrected chi connectivity index (χ0v) is 14.6. The molecule has 2 bridgehead atoms. The molecule has 4 rings (SSSR count). The molecule has 2 aliphatic rings. The van der Waals surface area contributed by atoms with E-state index in [1.807, 2.05) is 4.68 Å². The van der Waals surface area contributed by atoms with E-state index in [4.69, 9.17) is 5.11 Å². The van der Waals surface area contributed by atoms with Crippen molar-refractivity contribution in [2.45, 2.75) is 24.0 Å². The molecular weight excluding hydrogens is 354 g/mol. The first kappa shape index (κ1) is 16.8. The first-order valence-electron chi connectivity index (χ1n) is 8.32. The molecule has 0 saturated heterocycles. The lowest BCUT2D eigenvalue weighted by Crippen LogP contribution is -2.18. The summed E-state index contributed by atoms with van der Waals surface area (Å²) < 4.78 is 1.83. The summed E-state index contributed by atoms with van der Waals surface area (Å²) in [7, 11) is 0. The molecule has 1 aromatic heterocycles. The number of thioether (sulfide) groups is 1. The van der Waals surface area contributed by atoms with E-state index in [1.54, 1.807) is 12.1 Å². The molecule has 1 fully saturated rings. The van der Waals surface area contributed by atoms with E-state index in [9.17, 15) is 9.59 Å². The van der Waals surface area contributed by atoms with Crippen LogP contribution in [-0.4, -0.2) is 42.9 Å². The Balaban J connectivity index is 1.37. The molecule has 0 radical (unpaired) electrons. The van der Waals surface area contributed by atoms with Crippen molar-refractivity contribution in [2.24, 2.45) is 11.8 Å². The Bertz CT molecular complexity index is 881. The zero-order chi connectivity index (χ0) is 18.1. The molecule has 2 N–H and O–H groups in total. The predicted molar refractivity (Wildman–Crippen MR) is 95.0 cm³/mol. The molecule has 1 aromatic carbocycles. The van der Waals surface area contributed by atoms with E-state index in [-0.39, 0.29) is 23.3 Å². The van der Waals surface area contributed by atoms with Crippen molar-refractivity contribution in [3.05, 3.63) is 42.0 Å². The van der Waals surface area contributed by atoms with Gasteiger partial charge < -0.3 is 10.4 Å². The fraction of sp³-hybridized carbons (Fsp3) is 0.353. The zero-order valence-electron chi connectivity index (χ0n) is 13.8. The third-order valence-electron chi connectivity index (χ3n) is 4.75.